The van der Waals surface area contributed by atoms with Crippen LogP contribution in [0.3, 0.4) is 0 Å². The Labute approximate surface area is 174 Å². The minimum absolute atomic E-state index is 0.112. The molecule has 5 heteroatoms. The summed E-state index contributed by atoms with van der Waals surface area (Å²) < 4.78 is 17.2. The van der Waals surface area contributed by atoms with Crippen LogP contribution in [0.2, 0.25) is 0 Å². The molecule has 0 saturated carbocycles. The Bertz CT molecular complexity index is 774. The van der Waals surface area contributed by atoms with Gasteiger partial charge in [0.1, 0.15) is 0 Å². The van der Waals surface area contributed by atoms with Crippen LogP contribution < -0.4 is 9.47 Å². The number of hydrogen-bond donors (Lipinski definition) is 2. The topological polar surface area (TPSA) is 68.2 Å². The Morgan fingerprint density at radius 1 is 0.828 bits per heavy atom. The number of aromatic hydroxyl groups is 2. The molecule has 1 unspecified atom stereocenters. The summed E-state index contributed by atoms with van der Waals surface area (Å²) in [7, 11) is 3.10. The van der Waals surface area contributed by atoms with Crippen molar-refractivity contribution < 1.29 is 24.4 Å². The lowest BCUT2D eigenvalue weighted by Crippen LogP contribution is -2.33. The van der Waals surface area contributed by atoms with E-state index in [2.05, 4.69) is 13.8 Å². The van der Waals surface area contributed by atoms with E-state index in [-0.39, 0.29) is 11.5 Å². The van der Waals surface area contributed by atoms with Crippen LogP contribution in [0.15, 0.2) is 36.4 Å². The van der Waals surface area contributed by atoms with Crippen LogP contribution in [-0.4, -0.2) is 31.0 Å². The maximum absolute atomic E-state index is 10.1. The molecule has 2 aromatic carbocycles. The molecule has 2 N–H and O–H groups in total. The predicted molar refractivity (Wildman–Crippen MR) is 115 cm³/mol. The summed E-state index contributed by atoms with van der Waals surface area (Å²) in [6.45, 7) is 4.96. The standard InChI is InChI=1S/C24H34O5/c1-5-7-13-24(29-14-8-6-2,19-10-12-21(26)23(16-19)28-4)17-18-9-11-20(25)22(15-18)27-3/h9-12,15-16,25-26H,5-8,13-14,17H2,1-4H3. The molecule has 1 atom stereocenters. The van der Waals surface area contributed by atoms with Crippen molar-refractivity contribution in [2.24, 2.45) is 0 Å². The highest BCUT2D eigenvalue weighted by Gasteiger charge is 2.34. The highest BCUT2D eigenvalue weighted by Crippen LogP contribution is 2.40. The first kappa shape index (κ1) is 22.9. The molecule has 2 aromatic rings. The van der Waals surface area contributed by atoms with E-state index in [9.17, 15) is 10.2 Å². The fourth-order valence-electron chi connectivity index (χ4n) is 3.54. The van der Waals surface area contributed by atoms with Crippen molar-refractivity contribution in [3.8, 4) is 23.0 Å². The summed E-state index contributed by atoms with van der Waals surface area (Å²) in [5, 5.41) is 20.0. The van der Waals surface area contributed by atoms with Gasteiger partial charge in [-0.05, 0) is 48.2 Å². The van der Waals surface area contributed by atoms with Gasteiger partial charge in [-0.15, -0.1) is 0 Å². The molecule has 0 bridgehead atoms. The molecule has 0 spiro atoms. The molecule has 2 rings (SSSR count). The van der Waals surface area contributed by atoms with Crippen LogP contribution in [0.25, 0.3) is 0 Å². The zero-order valence-electron chi connectivity index (χ0n) is 18.0. The van der Waals surface area contributed by atoms with E-state index in [0.717, 1.165) is 43.2 Å². The minimum atomic E-state index is -0.561. The van der Waals surface area contributed by atoms with E-state index in [4.69, 9.17) is 14.2 Å². The largest absolute Gasteiger partial charge is 0.504 e. The zero-order valence-corrected chi connectivity index (χ0v) is 18.0. The maximum Gasteiger partial charge on any atom is 0.160 e. The average Bonchev–Trinajstić information content (AvgIpc) is 2.73. The first-order chi connectivity index (χ1) is 14.0. The van der Waals surface area contributed by atoms with Crippen LogP contribution in [0, 0.1) is 0 Å². The van der Waals surface area contributed by atoms with Gasteiger partial charge in [-0.1, -0.05) is 45.2 Å². The highest BCUT2D eigenvalue weighted by molar-refractivity contribution is 5.46. The maximum atomic E-state index is 10.1. The third-order valence-corrected chi connectivity index (χ3v) is 5.25. The predicted octanol–water partition coefficient (Wildman–Crippen LogP) is 5.56. The monoisotopic (exact) mass is 402 g/mol. The fraction of sp³-hybridized carbons (Fsp3) is 0.500. The number of unbranched alkanes of at least 4 members (excludes halogenated alkanes) is 2. The van der Waals surface area contributed by atoms with Gasteiger partial charge < -0.3 is 24.4 Å². The Morgan fingerprint density at radius 2 is 1.45 bits per heavy atom. The lowest BCUT2D eigenvalue weighted by Gasteiger charge is -2.35. The number of methoxy groups -OCH3 is 2. The molecule has 0 radical (unpaired) electrons. The number of phenolic OH excluding ortho intramolecular Hbond substituents is 2. The third-order valence-electron chi connectivity index (χ3n) is 5.25. The smallest absolute Gasteiger partial charge is 0.160 e. The van der Waals surface area contributed by atoms with Crippen LogP contribution in [-0.2, 0) is 16.8 Å². The molecular formula is C24H34O5. The number of ether oxygens (including phenoxy) is 3. The summed E-state index contributed by atoms with van der Waals surface area (Å²) in [5.74, 6) is 1.11. The lowest BCUT2D eigenvalue weighted by molar-refractivity contribution is -0.0598. The summed E-state index contributed by atoms with van der Waals surface area (Å²) in [5.41, 5.74) is 1.43. The summed E-state index contributed by atoms with van der Waals surface area (Å²) in [6.07, 6.45) is 5.54. The Kier molecular flexibility index (Phi) is 8.65. The molecule has 0 aliphatic heterocycles. The fourth-order valence-corrected chi connectivity index (χ4v) is 3.54. The van der Waals surface area contributed by atoms with E-state index < -0.39 is 5.60 Å². The quantitative estimate of drug-likeness (QED) is 0.455. The van der Waals surface area contributed by atoms with Crippen LogP contribution in [0.4, 0.5) is 0 Å². The normalized spacial score (nSPS) is 13.1. The van der Waals surface area contributed by atoms with Gasteiger partial charge in [0.05, 0.1) is 19.8 Å². The average molecular weight is 403 g/mol. The first-order valence-corrected chi connectivity index (χ1v) is 10.4. The van der Waals surface area contributed by atoms with Crippen molar-refractivity contribution in [2.75, 3.05) is 20.8 Å². The lowest BCUT2D eigenvalue weighted by atomic mass is 9.82. The summed E-state index contributed by atoms with van der Waals surface area (Å²) >= 11 is 0. The van der Waals surface area contributed by atoms with E-state index in [1.165, 1.54) is 0 Å². The van der Waals surface area contributed by atoms with Gasteiger partial charge in [-0.2, -0.15) is 0 Å². The number of phenols is 2. The third kappa shape index (κ3) is 5.80. The van der Waals surface area contributed by atoms with Gasteiger partial charge in [-0.3, -0.25) is 0 Å². The minimum Gasteiger partial charge on any atom is -0.504 e. The van der Waals surface area contributed by atoms with Crippen molar-refractivity contribution in [3.63, 3.8) is 0 Å². The Balaban J connectivity index is 2.51. The molecule has 0 saturated heterocycles. The Morgan fingerprint density at radius 3 is 2.07 bits per heavy atom. The van der Waals surface area contributed by atoms with Crippen LogP contribution in [0.1, 0.15) is 57.1 Å². The highest BCUT2D eigenvalue weighted by atomic mass is 16.5. The van der Waals surface area contributed by atoms with Crippen molar-refractivity contribution >= 4 is 0 Å². The molecule has 0 amide bonds. The van der Waals surface area contributed by atoms with Crippen molar-refractivity contribution in [1.82, 2.24) is 0 Å². The van der Waals surface area contributed by atoms with Gasteiger partial charge in [-0.25, -0.2) is 0 Å². The molecular weight excluding hydrogens is 368 g/mol. The van der Waals surface area contributed by atoms with Crippen molar-refractivity contribution in [1.29, 1.82) is 0 Å². The van der Waals surface area contributed by atoms with Gasteiger partial charge in [0.25, 0.3) is 0 Å². The van der Waals surface area contributed by atoms with Gasteiger partial charge in [0, 0.05) is 13.0 Å². The number of hydrogen-bond acceptors (Lipinski definition) is 5. The van der Waals surface area contributed by atoms with Crippen molar-refractivity contribution in [3.05, 3.63) is 47.5 Å². The molecule has 5 nitrogen and oxygen atoms in total. The van der Waals surface area contributed by atoms with E-state index >= 15 is 0 Å². The summed E-state index contributed by atoms with van der Waals surface area (Å²) in [6, 6.07) is 10.9. The van der Waals surface area contributed by atoms with E-state index in [1.807, 2.05) is 24.3 Å². The van der Waals surface area contributed by atoms with Crippen molar-refractivity contribution in [2.45, 2.75) is 58.0 Å². The first-order valence-electron chi connectivity index (χ1n) is 10.4. The molecule has 160 valence electrons. The van der Waals surface area contributed by atoms with Crippen LogP contribution in [0.5, 0.6) is 23.0 Å². The Hall–Kier alpha value is -2.40. The second-order valence-corrected chi connectivity index (χ2v) is 7.37. The molecule has 29 heavy (non-hydrogen) atoms. The second-order valence-electron chi connectivity index (χ2n) is 7.37. The van der Waals surface area contributed by atoms with Gasteiger partial charge >= 0.3 is 0 Å². The zero-order chi connectivity index (χ0) is 21.3. The van der Waals surface area contributed by atoms with E-state index in [0.29, 0.717) is 24.5 Å². The van der Waals surface area contributed by atoms with Gasteiger partial charge in [0.15, 0.2) is 23.0 Å². The molecule has 0 aliphatic rings. The molecule has 0 aliphatic carbocycles. The summed E-state index contributed by atoms with van der Waals surface area (Å²) in [4.78, 5) is 0. The number of rotatable bonds is 12. The second kappa shape index (κ2) is 11.0. The molecule has 0 heterocycles. The SMILES string of the molecule is CCCCOC(CCCC)(Cc1ccc(O)c(OC)c1)c1ccc(O)c(OC)c1. The van der Waals surface area contributed by atoms with E-state index in [1.54, 1.807) is 26.4 Å². The van der Waals surface area contributed by atoms with Gasteiger partial charge in [0.2, 0.25) is 0 Å². The molecule has 0 aromatic heterocycles. The number of benzene rings is 2. The molecule has 0 fully saturated rings. The van der Waals surface area contributed by atoms with Crippen LogP contribution >= 0.6 is 0 Å².